The third-order valence-corrected chi connectivity index (χ3v) is 6.05. The van der Waals surface area contributed by atoms with Gasteiger partial charge in [0.2, 0.25) is 0 Å². The third kappa shape index (κ3) is 4.50. The van der Waals surface area contributed by atoms with E-state index in [4.69, 9.17) is 39.5 Å². The number of allylic oxidation sites excluding steroid dienone is 5. The average Bonchev–Trinajstić information content (AvgIpc) is 2.47. The highest BCUT2D eigenvalue weighted by molar-refractivity contribution is 6.38. The Morgan fingerprint density at radius 3 is 2.67 bits per heavy atom. The van der Waals surface area contributed by atoms with Crippen LogP contribution in [0, 0.1) is 11.3 Å². The summed E-state index contributed by atoms with van der Waals surface area (Å²) in [5.74, 6) is 0.544. The maximum atomic E-state index is 12.3. The van der Waals surface area contributed by atoms with Crippen LogP contribution in [0.25, 0.3) is 0 Å². The molecule has 0 radical (unpaired) electrons. The molecule has 0 aromatic carbocycles. The molecule has 3 nitrogen and oxygen atoms in total. The molecule has 0 fully saturated rings. The molecule has 2 aliphatic carbocycles. The fourth-order valence-corrected chi connectivity index (χ4v) is 4.24. The number of alkyl halides is 2. The molecule has 0 spiro atoms. The number of rotatable bonds is 4. The summed E-state index contributed by atoms with van der Waals surface area (Å²) in [5, 5.41) is 2.72. The van der Waals surface area contributed by atoms with Crippen LogP contribution >= 0.6 is 34.8 Å². The molecule has 0 aromatic heterocycles. The smallest absolute Gasteiger partial charge is 0.258 e. The number of ether oxygens (including phenoxy) is 1. The molecular weight excluding hydrogens is 369 g/mol. The standard InChI is InChI=1S/C18H24Cl3NO2/c1-10-5-6-14(18(3,4)8-10)24-9-15(23)22-17-11(2)16(21)12(19)7-13(17)20/h5-7,11,13,16-17H,8-9H2,1-4H3,(H,22,23). The lowest BCUT2D eigenvalue weighted by molar-refractivity contribution is -0.126. The van der Waals surface area contributed by atoms with E-state index in [1.807, 2.05) is 19.1 Å². The van der Waals surface area contributed by atoms with Gasteiger partial charge in [-0.05, 0) is 31.4 Å². The Morgan fingerprint density at radius 2 is 2.04 bits per heavy atom. The Morgan fingerprint density at radius 1 is 1.38 bits per heavy atom. The van der Waals surface area contributed by atoms with Crippen molar-refractivity contribution in [2.75, 3.05) is 6.61 Å². The molecule has 134 valence electrons. The van der Waals surface area contributed by atoms with E-state index in [2.05, 4.69) is 26.1 Å². The van der Waals surface area contributed by atoms with E-state index in [9.17, 15) is 4.79 Å². The van der Waals surface area contributed by atoms with E-state index in [1.54, 1.807) is 6.08 Å². The van der Waals surface area contributed by atoms with Gasteiger partial charge in [0.15, 0.2) is 6.61 Å². The van der Waals surface area contributed by atoms with E-state index in [1.165, 1.54) is 5.57 Å². The summed E-state index contributed by atoms with van der Waals surface area (Å²) < 4.78 is 5.76. The van der Waals surface area contributed by atoms with Crippen molar-refractivity contribution in [2.24, 2.45) is 11.3 Å². The van der Waals surface area contributed by atoms with Gasteiger partial charge in [0, 0.05) is 10.4 Å². The van der Waals surface area contributed by atoms with Crippen molar-refractivity contribution in [3.63, 3.8) is 0 Å². The van der Waals surface area contributed by atoms with E-state index >= 15 is 0 Å². The minimum Gasteiger partial charge on any atom is -0.488 e. The summed E-state index contributed by atoms with van der Waals surface area (Å²) in [5.41, 5.74) is 1.19. The second-order valence-electron chi connectivity index (χ2n) is 7.24. The molecule has 4 atom stereocenters. The molecule has 2 rings (SSSR count). The number of hydrogen-bond acceptors (Lipinski definition) is 2. The van der Waals surface area contributed by atoms with Gasteiger partial charge in [-0.25, -0.2) is 0 Å². The van der Waals surface area contributed by atoms with E-state index in [0.717, 1.165) is 12.2 Å². The topological polar surface area (TPSA) is 38.3 Å². The number of nitrogens with one attached hydrogen (secondary N) is 1. The van der Waals surface area contributed by atoms with Gasteiger partial charge >= 0.3 is 0 Å². The van der Waals surface area contributed by atoms with E-state index in [-0.39, 0.29) is 40.6 Å². The highest BCUT2D eigenvalue weighted by Crippen LogP contribution is 2.37. The summed E-state index contributed by atoms with van der Waals surface area (Å²) in [6.45, 7) is 8.19. The van der Waals surface area contributed by atoms with Gasteiger partial charge in [0.25, 0.3) is 5.91 Å². The minimum atomic E-state index is -0.387. The quantitative estimate of drug-likeness (QED) is 0.702. The predicted molar refractivity (Wildman–Crippen MR) is 101 cm³/mol. The highest BCUT2D eigenvalue weighted by atomic mass is 35.5. The lowest BCUT2D eigenvalue weighted by atomic mass is 9.80. The number of carbonyl (C=O) groups is 1. The van der Waals surface area contributed by atoms with Crippen molar-refractivity contribution in [1.82, 2.24) is 5.32 Å². The van der Waals surface area contributed by atoms with E-state index < -0.39 is 0 Å². The molecular formula is C18H24Cl3NO2. The molecule has 4 unspecified atom stereocenters. The molecule has 2 aliphatic rings. The summed E-state index contributed by atoms with van der Waals surface area (Å²) in [6, 6.07) is -0.275. The molecule has 0 saturated carbocycles. The first kappa shape index (κ1) is 19.7. The molecule has 1 N–H and O–H groups in total. The zero-order chi connectivity index (χ0) is 18.1. The summed E-state index contributed by atoms with van der Waals surface area (Å²) in [7, 11) is 0. The maximum Gasteiger partial charge on any atom is 0.258 e. The maximum absolute atomic E-state index is 12.3. The first-order valence-electron chi connectivity index (χ1n) is 8.07. The molecule has 0 aliphatic heterocycles. The first-order valence-corrected chi connectivity index (χ1v) is 9.32. The molecule has 1 amide bonds. The van der Waals surface area contributed by atoms with Gasteiger partial charge in [0.1, 0.15) is 5.76 Å². The summed E-state index contributed by atoms with van der Waals surface area (Å²) in [4.78, 5) is 12.3. The minimum absolute atomic E-state index is 0.0423. The molecule has 0 heterocycles. The Hall–Kier alpha value is -0.640. The van der Waals surface area contributed by atoms with Crippen molar-refractivity contribution >= 4 is 40.7 Å². The zero-order valence-corrected chi connectivity index (χ0v) is 16.7. The Labute approximate surface area is 159 Å². The fraction of sp³-hybridized carbons (Fsp3) is 0.611. The van der Waals surface area contributed by atoms with Crippen LogP contribution in [0.4, 0.5) is 0 Å². The number of carbonyl (C=O) groups excluding carboxylic acids is 1. The van der Waals surface area contributed by atoms with Crippen molar-refractivity contribution < 1.29 is 9.53 Å². The Bertz CT molecular complexity index is 595. The van der Waals surface area contributed by atoms with Gasteiger partial charge in [-0.1, -0.05) is 44.0 Å². The number of hydrogen-bond donors (Lipinski definition) is 1. The van der Waals surface area contributed by atoms with Crippen molar-refractivity contribution in [1.29, 1.82) is 0 Å². The van der Waals surface area contributed by atoms with Crippen molar-refractivity contribution in [3.05, 3.63) is 34.6 Å². The van der Waals surface area contributed by atoms with Crippen LogP contribution in [0.15, 0.2) is 34.6 Å². The van der Waals surface area contributed by atoms with Crippen LogP contribution in [0.1, 0.15) is 34.1 Å². The van der Waals surface area contributed by atoms with Crippen LogP contribution in [-0.4, -0.2) is 29.3 Å². The molecule has 0 bridgehead atoms. The van der Waals surface area contributed by atoms with Crippen LogP contribution in [0.5, 0.6) is 0 Å². The lowest BCUT2D eigenvalue weighted by Gasteiger charge is -2.35. The zero-order valence-electron chi connectivity index (χ0n) is 14.4. The molecule has 24 heavy (non-hydrogen) atoms. The van der Waals surface area contributed by atoms with E-state index in [0.29, 0.717) is 5.03 Å². The molecule has 6 heteroatoms. The third-order valence-electron chi connectivity index (χ3n) is 4.55. The summed E-state index contributed by atoms with van der Waals surface area (Å²) in [6.07, 6.45) is 6.58. The second kappa shape index (κ2) is 7.72. The van der Waals surface area contributed by atoms with Gasteiger partial charge in [-0.3, -0.25) is 4.79 Å². The average molecular weight is 393 g/mol. The Balaban J connectivity index is 1.94. The van der Waals surface area contributed by atoms with Crippen molar-refractivity contribution in [3.8, 4) is 0 Å². The Kier molecular flexibility index (Phi) is 6.33. The van der Waals surface area contributed by atoms with Crippen LogP contribution in [0.3, 0.4) is 0 Å². The largest absolute Gasteiger partial charge is 0.488 e. The van der Waals surface area contributed by atoms with Crippen LogP contribution in [-0.2, 0) is 9.53 Å². The molecule has 0 aromatic rings. The lowest BCUT2D eigenvalue weighted by Crippen LogP contribution is -2.50. The summed E-state index contributed by atoms with van der Waals surface area (Å²) >= 11 is 18.6. The fourth-order valence-electron chi connectivity index (χ4n) is 3.18. The first-order chi connectivity index (χ1) is 11.1. The van der Waals surface area contributed by atoms with Gasteiger partial charge in [-0.2, -0.15) is 0 Å². The van der Waals surface area contributed by atoms with Gasteiger partial charge < -0.3 is 10.1 Å². The van der Waals surface area contributed by atoms with Crippen LogP contribution in [0.2, 0.25) is 0 Å². The monoisotopic (exact) mass is 391 g/mol. The number of halogens is 3. The highest BCUT2D eigenvalue weighted by Gasteiger charge is 2.36. The predicted octanol–water partition coefficient (Wildman–Crippen LogP) is 4.74. The van der Waals surface area contributed by atoms with Gasteiger partial charge in [-0.15, -0.1) is 23.2 Å². The molecule has 0 saturated heterocycles. The second-order valence-corrected chi connectivity index (χ2v) is 8.65. The number of amides is 1. The normalized spacial score (nSPS) is 32.4. The van der Waals surface area contributed by atoms with Gasteiger partial charge in [0.05, 0.1) is 16.8 Å². The van der Waals surface area contributed by atoms with Crippen molar-refractivity contribution in [2.45, 2.75) is 50.9 Å². The SMILES string of the molecule is CC1=CC=C(OCC(=O)NC2C(Cl)C=C(Cl)C(Cl)C2C)C(C)(C)C1. The van der Waals surface area contributed by atoms with Crippen LogP contribution < -0.4 is 5.32 Å².